The summed E-state index contributed by atoms with van der Waals surface area (Å²) < 4.78 is 2.36. The van der Waals surface area contributed by atoms with Gasteiger partial charge in [0.2, 0.25) is 5.95 Å². The smallest absolute Gasteiger partial charge is 0.224 e. The lowest BCUT2D eigenvalue weighted by atomic mass is 9.93. The van der Waals surface area contributed by atoms with E-state index >= 15 is 0 Å². The summed E-state index contributed by atoms with van der Waals surface area (Å²) >= 11 is 0. The SMILES string of the molecule is CCC[C@@H](C)Nc1ncc2c(-c3ccc(CN4CCCCC4)cc3)cn(C3CCC(O)CC3)c2n1. The standard InChI is InChI=1S/C29H41N5O/c1-3-7-21(2)31-29-30-18-26-27(20-34(28(26)32-29)24-12-14-25(35)15-13-24)23-10-8-22(9-11-23)19-33-16-5-4-6-17-33/h8-11,18,20-21,24-25,35H,3-7,12-17,19H2,1-2H3,(H,30,31,32)/t21-,24?,25?/m1/s1. The lowest BCUT2D eigenvalue weighted by Gasteiger charge is -2.27. The predicted octanol–water partition coefficient (Wildman–Crippen LogP) is 6.16. The Balaban J connectivity index is 1.45. The second-order valence-corrected chi connectivity index (χ2v) is 10.7. The van der Waals surface area contributed by atoms with E-state index in [0.717, 1.165) is 56.1 Å². The zero-order chi connectivity index (χ0) is 24.2. The Kier molecular flexibility index (Phi) is 7.69. The zero-order valence-electron chi connectivity index (χ0n) is 21.4. The lowest BCUT2D eigenvalue weighted by Crippen LogP contribution is -2.28. The summed E-state index contributed by atoms with van der Waals surface area (Å²) in [6.45, 7) is 7.87. The normalized spacial score (nSPS) is 22.4. The highest BCUT2D eigenvalue weighted by Crippen LogP contribution is 2.37. The molecule has 3 heterocycles. The molecule has 1 aliphatic carbocycles. The van der Waals surface area contributed by atoms with E-state index in [0.29, 0.717) is 18.0 Å². The van der Waals surface area contributed by atoms with Crippen LogP contribution in [-0.2, 0) is 6.54 Å². The molecule has 0 radical (unpaired) electrons. The van der Waals surface area contributed by atoms with Gasteiger partial charge in [0.05, 0.1) is 6.10 Å². The Labute approximate surface area is 209 Å². The van der Waals surface area contributed by atoms with Gasteiger partial charge in [-0.1, -0.05) is 44.0 Å². The van der Waals surface area contributed by atoms with Gasteiger partial charge in [-0.25, -0.2) is 4.98 Å². The third-order valence-corrected chi connectivity index (χ3v) is 7.85. The predicted molar refractivity (Wildman–Crippen MR) is 144 cm³/mol. The van der Waals surface area contributed by atoms with Crippen LogP contribution < -0.4 is 5.32 Å². The molecule has 1 aliphatic heterocycles. The number of aliphatic hydroxyl groups excluding tert-OH is 1. The highest BCUT2D eigenvalue weighted by molar-refractivity contribution is 5.94. The van der Waals surface area contributed by atoms with Crippen LogP contribution in [0.15, 0.2) is 36.7 Å². The molecule has 2 fully saturated rings. The Morgan fingerprint density at radius 3 is 2.51 bits per heavy atom. The van der Waals surface area contributed by atoms with E-state index in [-0.39, 0.29) is 6.10 Å². The van der Waals surface area contributed by atoms with Crippen LogP contribution in [0.4, 0.5) is 5.95 Å². The van der Waals surface area contributed by atoms with Gasteiger partial charge in [0.1, 0.15) is 5.65 Å². The van der Waals surface area contributed by atoms with Crippen LogP contribution in [0.1, 0.15) is 83.2 Å². The maximum Gasteiger partial charge on any atom is 0.224 e. The zero-order valence-corrected chi connectivity index (χ0v) is 21.4. The molecule has 2 aliphatic rings. The largest absolute Gasteiger partial charge is 0.393 e. The number of hydrogen-bond donors (Lipinski definition) is 2. The lowest BCUT2D eigenvalue weighted by molar-refractivity contribution is 0.111. The molecule has 0 bridgehead atoms. The molecule has 0 unspecified atom stereocenters. The minimum absolute atomic E-state index is 0.165. The molecule has 1 aromatic carbocycles. The van der Waals surface area contributed by atoms with Gasteiger partial charge in [-0.2, -0.15) is 4.98 Å². The van der Waals surface area contributed by atoms with Crippen LogP contribution >= 0.6 is 0 Å². The molecule has 6 heteroatoms. The van der Waals surface area contributed by atoms with Crippen LogP contribution in [-0.4, -0.2) is 49.8 Å². The average molecular weight is 476 g/mol. The van der Waals surface area contributed by atoms with Crippen molar-refractivity contribution in [3.8, 4) is 11.1 Å². The first-order valence-corrected chi connectivity index (χ1v) is 13.7. The quantitative estimate of drug-likeness (QED) is 0.408. The third kappa shape index (κ3) is 5.70. The van der Waals surface area contributed by atoms with E-state index in [2.05, 4.69) is 59.1 Å². The molecule has 1 saturated heterocycles. The van der Waals surface area contributed by atoms with Gasteiger partial charge in [0.25, 0.3) is 0 Å². The van der Waals surface area contributed by atoms with Gasteiger partial charge in [-0.15, -0.1) is 0 Å². The van der Waals surface area contributed by atoms with Crippen molar-refractivity contribution in [3.63, 3.8) is 0 Å². The van der Waals surface area contributed by atoms with Crippen LogP contribution in [0.2, 0.25) is 0 Å². The van der Waals surface area contributed by atoms with Gasteiger partial charge in [-0.05, 0) is 76.1 Å². The number of aromatic nitrogens is 3. The molecule has 2 aromatic heterocycles. The summed E-state index contributed by atoms with van der Waals surface area (Å²) in [5.41, 5.74) is 4.80. The Morgan fingerprint density at radius 2 is 1.80 bits per heavy atom. The van der Waals surface area contributed by atoms with Crippen molar-refractivity contribution in [1.29, 1.82) is 0 Å². The number of likely N-dealkylation sites (tertiary alicyclic amines) is 1. The number of aliphatic hydroxyl groups is 1. The number of nitrogens with one attached hydrogen (secondary N) is 1. The van der Waals surface area contributed by atoms with Crippen molar-refractivity contribution in [1.82, 2.24) is 19.4 Å². The molecule has 188 valence electrons. The molecular formula is C29H41N5O. The number of benzene rings is 1. The summed E-state index contributed by atoms with van der Waals surface area (Å²) in [6.07, 6.45) is 14.0. The van der Waals surface area contributed by atoms with E-state index in [9.17, 15) is 5.11 Å². The van der Waals surface area contributed by atoms with Crippen molar-refractivity contribution in [2.75, 3.05) is 18.4 Å². The number of rotatable bonds is 8. The topological polar surface area (TPSA) is 66.2 Å². The highest BCUT2D eigenvalue weighted by atomic mass is 16.3. The summed E-state index contributed by atoms with van der Waals surface area (Å²) in [4.78, 5) is 12.3. The summed E-state index contributed by atoms with van der Waals surface area (Å²) in [5, 5.41) is 14.7. The van der Waals surface area contributed by atoms with Gasteiger partial charge >= 0.3 is 0 Å². The third-order valence-electron chi connectivity index (χ3n) is 7.85. The summed E-state index contributed by atoms with van der Waals surface area (Å²) in [7, 11) is 0. The Bertz CT molecular complexity index is 1090. The van der Waals surface area contributed by atoms with E-state index in [1.54, 1.807) is 0 Å². The fraction of sp³-hybridized carbons (Fsp3) is 0.586. The Hall–Kier alpha value is -2.44. The fourth-order valence-corrected chi connectivity index (χ4v) is 5.83. The van der Waals surface area contributed by atoms with Crippen LogP contribution in [0.3, 0.4) is 0 Å². The number of nitrogens with zero attached hydrogens (tertiary/aromatic N) is 4. The first-order valence-electron chi connectivity index (χ1n) is 13.7. The maximum absolute atomic E-state index is 10.1. The molecule has 1 saturated carbocycles. The molecule has 2 N–H and O–H groups in total. The maximum atomic E-state index is 10.1. The van der Waals surface area contributed by atoms with Crippen LogP contribution in [0.25, 0.3) is 22.2 Å². The fourth-order valence-electron chi connectivity index (χ4n) is 5.83. The molecule has 35 heavy (non-hydrogen) atoms. The van der Waals surface area contributed by atoms with E-state index in [4.69, 9.17) is 9.97 Å². The minimum atomic E-state index is -0.165. The second-order valence-electron chi connectivity index (χ2n) is 10.7. The molecule has 0 amide bonds. The molecule has 1 atom stereocenters. The number of piperidine rings is 1. The van der Waals surface area contributed by atoms with E-state index in [1.165, 1.54) is 49.0 Å². The van der Waals surface area contributed by atoms with Crippen molar-refractivity contribution < 1.29 is 5.11 Å². The molecular weight excluding hydrogens is 434 g/mol. The number of fused-ring (bicyclic) bond motifs is 1. The van der Waals surface area contributed by atoms with Gasteiger partial charge in [0, 0.05) is 42.0 Å². The Morgan fingerprint density at radius 1 is 1.06 bits per heavy atom. The molecule has 0 spiro atoms. The van der Waals surface area contributed by atoms with Crippen molar-refractivity contribution in [2.45, 2.75) is 96.4 Å². The molecule has 6 nitrogen and oxygen atoms in total. The van der Waals surface area contributed by atoms with Crippen molar-refractivity contribution >= 4 is 17.0 Å². The van der Waals surface area contributed by atoms with E-state index < -0.39 is 0 Å². The van der Waals surface area contributed by atoms with Crippen LogP contribution in [0, 0.1) is 0 Å². The van der Waals surface area contributed by atoms with Crippen molar-refractivity contribution in [2.24, 2.45) is 0 Å². The van der Waals surface area contributed by atoms with E-state index in [1.807, 2.05) is 6.20 Å². The monoisotopic (exact) mass is 475 g/mol. The minimum Gasteiger partial charge on any atom is -0.393 e. The van der Waals surface area contributed by atoms with Crippen LogP contribution in [0.5, 0.6) is 0 Å². The molecule has 3 aromatic rings. The average Bonchev–Trinajstić information content (AvgIpc) is 3.24. The van der Waals surface area contributed by atoms with Crippen molar-refractivity contribution in [3.05, 3.63) is 42.2 Å². The number of anilines is 1. The summed E-state index contributed by atoms with van der Waals surface area (Å²) in [6, 6.07) is 9.80. The van der Waals surface area contributed by atoms with Gasteiger partial charge < -0.3 is 15.0 Å². The number of hydrogen-bond acceptors (Lipinski definition) is 5. The highest BCUT2D eigenvalue weighted by Gasteiger charge is 2.24. The first-order chi connectivity index (χ1) is 17.1. The second kappa shape index (κ2) is 11.1. The van der Waals surface area contributed by atoms with Gasteiger partial charge in [-0.3, -0.25) is 4.90 Å². The first kappa shape index (κ1) is 24.3. The van der Waals surface area contributed by atoms with Gasteiger partial charge in [0.15, 0.2) is 0 Å². The molecule has 5 rings (SSSR count). The summed E-state index contributed by atoms with van der Waals surface area (Å²) in [5.74, 6) is 0.706.